The van der Waals surface area contributed by atoms with Gasteiger partial charge >= 0.3 is 0 Å². The van der Waals surface area contributed by atoms with E-state index in [1.165, 1.54) is 0 Å². The Hall–Kier alpha value is -4.46. The number of pyridine rings is 1. The Morgan fingerprint density at radius 2 is 1.85 bits per heavy atom. The largest absolute Gasteiger partial charge is 0.496 e. The smallest absolute Gasteiger partial charge is 0.259 e. The van der Waals surface area contributed by atoms with Crippen LogP contribution in [-0.2, 0) is 24.4 Å². The van der Waals surface area contributed by atoms with E-state index in [1.807, 2.05) is 49.5 Å². The number of nitrogens with one attached hydrogen (secondary N) is 2. The van der Waals surface area contributed by atoms with Crippen LogP contribution in [0.4, 0.5) is 0 Å². The van der Waals surface area contributed by atoms with E-state index in [0.717, 1.165) is 35.9 Å². The van der Waals surface area contributed by atoms with Crippen molar-refractivity contribution in [3.05, 3.63) is 53.9 Å². The molecule has 3 fully saturated rings. The molecule has 1 aromatic carbocycles. The van der Waals surface area contributed by atoms with Gasteiger partial charge in [0.25, 0.3) is 5.91 Å². The maximum Gasteiger partial charge on any atom is 0.259 e. The third-order valence-corrected chi connectivity index (χ3v) is 13.9. The molecule has 2 aromatic heterocycles. The number of carbonyl (C=O) groups excluding carboxylic acids is 3. The lowest BCUT2D eigenvalue weighted by Gasteiger charge is -2.27. The summed E-state index contributed by atoms with van der Waals surface area (Å²) in [5, 5.41) is 8.47. The van der Waals surface area contributed by atoms with Crippen molar-refractivity contribution in [2.75, 3.05) is 20.7 Å². The minimum Gasteiger partial charge on any atom is -0.496 e. The summed E-state index contributed by atoms with van der Waals surface area (Å²) in [6.45, 7) is 8.25. The molecule has 3 aliphatic carbocycles. The molecule has 0 radical (unpaired) electrons. The van der Waals surface area contributed by atoms with Gasteiger partial charge in [-0.3, -0.25) is 19.1 Å². The van der Waals surface area contributed by atoms with Crippen LogP contribution in [0.1, 0.15) is 89.3 Å². The number of ether oxygens (including phenoxy) is 2. The van der Waals surface area contributed by atoms with E-state index in [1.54, 1.807) is 30.7 Å². The van der Waals surface area contributed by atoms with Gasteiger partial charge in [-0.25, -0.2) is 18.1 Å². The fourth-order valence-corrected chi connectivity index (χ4v) is 9.06. The van der Waals surface area contributed by atoms with Crippen LogP contribution >= 0.6 is 0 Å². The maximum absolute atomic E-state index is 14.3. The number of aromatic nitrogens is 3. The number of sulfonamides is 1. The first-order valence-electron chi connectivity index (χ1n) is 18.7. The molecule has 0 saturated heterocycles. The summed E-state index contributed by atoms with van der Waals surface area (Å²) in [7, 11) is -0.557. The molecule has 3 heterocycles. The van der Waals surface area contributed by atoms with Crippen LogP contribution in [0.25, 0.3) is 16.7 Å². The number of aryl methyl sites for hydroxylation is 1. The molecule has 7 rings (SSSR count). The Bertz CT molecular complexity index is 2090. The summed E-state index contributed by atoms with van der Waals surface area (Å²) in [6.07, 6.45) is 9.33. The molecule has 3 saturated carbocycles. The predicted octanol–water partition coefficient (Wildman–Crippen LogP) is 4.71. The predicted molar refractivity (Wildman–Crippen MR) is 199 cm³/mol. The number of benzene rings is 1. The first-order chi connectivity index (χ1) is 25.2. The molecule has 2 N–H and O–H groups in total. The molecule has 5 atom stereocenters. The van der Waals surface area contributed by atoms with Crippen molar-refractivity contribution in [3.63, 3.8) is 0 Å². The first-order valence-corrected chi connectivity index (χ1v) is 20.2. The molecule has 13 nitrogen and oxygen atoms in total. The molecular formula is C39H50N6O7S. The van der Waals surface area contributed by atoms with Gasteiger partial charge in [0.2, 0.25) is 21.8 Å². The lowest BCUT2D eigenvalue weighted by molar-refractivity contribution is -0.140. The van der Waals surface area contributed by atoms with E-state index in [2.05, 4.69) is 23.9 Å². The van der Waals surface area contributed by atoms with Crippen LogP contribution in [-0.4, -0.2) is 82.9 Å². The van der Waals surface area contributed by atoms with Gasteiger partial charge in [0.15, 0.2) is 5.82 Å². The van der Waals surface area contributed by atoms with E-state index in [0.29, 0.717) is 42.2 Å². The minimum absolute atomic E-state index is 0.155. The summed E-state index contributed by atoms with van der Waals surface area (Å²) in [5.41, 5.74) is 1.01. The highest BCUT2D eigenvalue weighted by Gasteiger charge is 2.63. The van der Waals surface area contributed by atoms with Crippen LogP contribution in [0.2, 0.25) is 0 Å². The summed E-state index contributed by atoms with van der Waals surface area (Å²) in [5.74, 6) is -1.22. The SMILES string of the molecule is COc1ccc2c(O[C@@H]3C[C@H]4C(=O)N[C@]5(C(=O)NS(=O)(=O)C6(C)CC6)C[C@H]5/C=C\CCCCN(C)C(=O)[C@@H]4C3)cc(-n3ccc(C(C)C)n3)nc2c1C. The first kappa shape index (κ1) is 36.9. The Morgan fingerprint density at radius 1 is 1.09 bits per heavy atom. The van der Waals surface area contributed by atoms with Crippen molar-refractivity contribution in [1.29, 1.82) is 0 Å². The number of rotatable bonds is 8. The number of carbonyl (C=O) groups is 3. The molecule has 3 amide bonds. The average Bonchev–Trinajstić information content (AvgIpc) is 3.89. The topological polar surface area (TPSA) is 162 Å². The van der Waals surface area contributed by atoms with Crippen molar-refractivity contribution in [2.24, 2.45) is 17.8 Å². The van der Waals surface area contributed by atoms with E-state index < -0.39 is 50.1 Å². The number of fused-ring (bicyclic) bond motifs is 3. The highest BCUT2D eigenvalue weighted by molar-refractivity contribution is 7.91. The van der Waals surface area contributed by atoms with Gasteiger partial charge in [-0.1, -0.05) is 26.0 Å². The zero-order chi connectivity index (χ0) is 37.9. The van der Waals surface area contributed by atoms with Crippen LogP contribution in [0, 0.1) is 24.7 Å². The molecule has 284 valence electrons. The molecule has 0 bridgehead atoms. The van der Waals surface area contributed by atoms with Crippen molar-refractivity contribution in [2.45, 2.75) is 101 Å². The number of methoxy groups -OCH3 is 1. The van der Waals surface area contributed by atoms with Gasteiger partial charge < -0.3 is 19.7 Å². The second kappa shape index (κ2) is 13.7. The lowest BCUT2D eigenvalue weighted by Crippen LogP contribution is -2.55. The van der Waals surface area contributed by atoms with Crippen molar-refractivity contribution >= 4 is 38.6 Å². The van der Waals surface area contributed by atoms with Crippen molar-refractivity contribution in [1.82, 2.24) is 29.7 Å². The average molecular weight is 747 g/mol. The summed E-state index contributed by atoms with van der Waals surface area (Å²) in [4.78, 5) is 48.8. The zero-order valence-corrected chi connectivity index (χ0v) is 32.2. The molecular weight excluding hydrogens is 697 g/mol. The lowest BCUT2D eigenvalue weighted by atomic mass is 9.93. The number of amides is 3. The fraction of sp³-hybridized carbons (Fsp3) is 0.564. The van der Waals surface area contributed by atoms with E-state index in [9.17, 15) is 22.8 Å². The Labute approximate surface area is 310 Å². The monoisotopic (exact) mass is 746 g/mol. The standard InChI is InChI=1S/C39H50N6O7S/c1-23(2)30-14-18-45(42-30)33-21-32(27-12-13-31(51-6)24(3)34(27)40-33)52-26-19-28-29(20-26)36(47)44(5)17-10-8-7-9-11-25-22-39(25,41-35(28)46)37(48)43-53(49,50)38(4)15-16-38/h9,11-14,18,21,23,25-26,28-29H,7-8,10,15-17,19-20,22H2,1-6H3,(H,41,46)(H,43,48)/b11-9-/t25-,26-,28-,29-,39-/m1/s1. The molecule has 0 unspecified atom stereocenters. The van der Waals surface area contributed by atoms with Crippen LogP contribution in [0.5, 0.6) is 11.5 Å². The highest BCUT2D eigenvalue weighted by Crippen LogP contribution is 2.48. The number of nitrogens with zero attached hydrogens (tertiary/aromatic N) is 4. The molecule has 53 heavy (non-hydrogen) atoms. The Kier molecular flexibility index (Phi) is 9.57. The molecule has 4 aliphatic rings. The second-order valence-electron chi connectivity index (χ2n) is 15.9. The second-order valence-corrected chi connectivity index (χ2v) is 18.1. The van der Waals surface area contributed by atoms with Gasteiger partial charge in [-0.05, 0) is 89.3 Å². The Balaban J connectivity index is 1.21. The molecule has 3 aromatic rings. The van der Waals surface area contributed by atoms with E-state index in [4.69, 9.17) is 19.6 Å². The zero-order valence-electron chi connectivity index (χ0n) is 31.3. The quantitative estimate of drug-likeness (QED) is 0.311. The van der Waals surface area contributed by atoms with Crippen LogP contribution in [0.15, 0.2) is 42.6 Å². The summed E-state index contributed by atoms with van der Waals surface area (Å²) in [6, 6.07) is 7.55. The maximum atomic E-state index is 14.3. The van der Waals surface area contributed by atoms with Gasteiger partial charge in [0, 0.05) is 42.7 Å². The van der Waals surface area contributed by atoms with E-state index in [-0.39, 0.29) is 37.0 Å². The Morgan fingerprint density at radius 3 is 2.55 bits per heavy atom. The van der Waals surface area contributed by atoms with Gasteiger partial charge in [-0.15, -0.1) is 0 Å². The number of allylic oxidation sites excluding steroid dienone is 1. The van der Waals surface area contributed by atoms with Gasteiger partial charge in [0.05, 0.1) is 34.9 Å². The molecule has 1 aliphatic heterocycles. The van der Waals surface area contributed by atoms with Crippen LogP contribution in [0.3, 0.4) is 0 Å². The summed E-state index contributed by atoms with van der Waals surface area (Å²) >= 11 is 0. The van der Waals surface area contributed by atoms with E-state index >= 15 is 0 Å². The minimum atomic E-state index is -3.93. The van der Waals surface area contributed by atoms with Crippen LogP contribution < -0.4 is 19.5 Å². The van der Waals surface area contributed by atoms with Crippen molar-refractivity contribution < 1.29 is 32.3 Å². The summed E-state index contributed by atoms with van der Waals surface area (Å²) < 4.78 is 41.6. The van der Waals surface area contributed by atoms with Gasteiger partial charge in [-0.2, -0.15) is 5.10 Å². The third-order valence-electron chi connectivity index (χ3n) is 11.7. The number of hydrogen-bond acceptors (Lipinski definition) is 9. The fourth-order valence-electron chi connectivity index (χ4n) is 7.75. The highest BCUT2D eigenvalue weighted by atomic mass is 32.2. The van der Waals surface area contributed by atoms with Crippen molar-refractivity contribution in [3.8, 4) is 17.3 Å². The van der Waals surface area contributed by atoms with Gasteiger partial charge in [0.1, 0.15) is 23.1 Å². The molecule has 14 heteroatoms. The normalized spacial score (nSPS) is 27.7. The number of hydrogen-bond donors (Lipinski definition) is 2. The molecule has 0 spiro atoms. The third kappa shape index (κ3) is 6.90.